The maximum absolute atomic E-state index is 11.2. The smallest absolute Gasteiger partial charge is 0.375 e. The van der Waals surface area contributed by atoms with E-state index < -0.39 is 5.97 Å². The number of carboxylic acid groups (broad SMARTS) is 1. The molecular weight excluding hydrogens is 370 g/mol. The van der Waals surface area contributed by atoms with Crippen LogP contribution in [0.5, 0.6) is 0 Å². The molecular formula is C15H9BrClN3O2. The molecule has 0 aliphatic rings. The molecule has 1 aromatic heterocycles. The Hall–Kier alpha value is -2.18. The predicted molar refractivity (Wildman–Crippen MR) is 86.5 cm³/mol. The van der Waals surface area contributed by atoms with E-state index in [-0.39, 0.29) is 5.82 Å². The first kappa shape index (κ1) is 14.7. The lowest BCUT2D eigenvalue weighted by molar-refractivity contribution is 0.0683. The van der Waals surface area contributed by atoms with Gasteiger partial charge < -0.3 is 5.11 Å². The number of rotatable bonds is 3. The van der Waals surface area contributed by atoms with Crippen LogP contribution in [-0.2, 0) is 0 Å². The van der Waals surface area contributed by atoms with Crippen molar-refractivity contribution in [2.75, 3.05) is 0 Å². The number of hydrogen-bond acceptors (Lipinski definition) is 3. The van der Waals surface area contributed by atoms with Gasteiger partial charge in [0, 0.05) is 15.1 Å². The van der Waals surface area contributed by atoms with E-state index in [0.29, 0.717) is 22.1 Å². The van der Waals surface area contributed by atoms with Crippen LogP contribution in [0.15, 0.2) is 53.0 Å². The molecule has 22 heavy (non-hydrogen) atoms. The molecule has 0 saturated heterocycles. The van der Waals surface area contributed by atoms with Crippen molar-refractivity contribution in [3.05, 3.63) is 63.9 Å². The van der Waals surface area contributed by atoms with Crippen molar-refractivity contribution in [2.45, 2.75) is 0 Å². The Morgan fingerprint density at radius 2 is 1.91 bits per heavy atom. The Labute approximate surface area is 139 Å². The summed E-state index contributed by atoms with van der Waals surface area (Å²) in [5.41, 5.74) is 1.40. The molecule has 0 amide bonds. The molecule has 0 bridgehead atoms. The number of carboxylic acids is 1. The molecule has 0 saturated carbocycles. The van der Waals surface area contributed by atoms with Crippen LogP contribution in [0.3, 0.4) is 0 Å². The monoisotopic (exact) mass is 377 g/mol. The second-order valence-electron chi connectivity index (χ2n) is 4.46. The largest absolute Gasteiger partial charge is 0.475 e. The highest BCUT2D eigenvalue weighted by molar-refractivity contribution is 9.10. The fourth-order valence-electron chi connectivity index (χ4n) is 1.98. The summed E-state index contributed by atoms with van der Waals surface area (Å²) in [5, 5.41) is 13.7. The van der Waals surface area contributed by atoms with Gasteiger partial charge in [-0.1, -0.05) is 39.7 Å². The fraction of sp³-hybridized carbons (Fsp3) is 0. The first-order valence-corrected chi connectivity index (χ1v) is 7.44. The van der Waals surface area contributed by atoms with Gasteiger partial charge in [0.05, 0.1) is 5.69 Å². The third-order valence-corrected chi connectivity index (χ3v) is 3.72. The van der Waals surface area contributed by atoms with Gasteiger partial charge in [0.15, 0.2) is 5.82 Å². The molecule has 1 N–H and O–H groups in total. The minimum absolute atomic E-state index is 0.266. The highest BCUT2D eigenvalue weighted by Gasteiger charge is 2.18. The standard InChI is InChI=1S/C15H9BrClN3O2/c16-10-4-6-12(7-5-10)20-14(18-13(19-20)15(21)22)9-2-1-3-11(17)8-9/h1-8H,(H,21,22). The third-order valence-electron chi connectivity index (χ3n) is 2.95. The summed E-state index contributed by atoms with van der Waals surface area (Å²) in [6.45, 7) is 0. The molecule has 7 heteroatoms. The zero-order valence-electron chi connectivity index (χ0n) is 11.1. The Bertz CT molecular complexity index is 846. The lowest BCUT2D eigenvalue weighted by Crippen LogP contribution is -2.02. The lowest BCUT2D eigenvalue weighted by atomic mass is 10.2. The van der Waals surface area contributed by atoms with E-state index in [1.165, 1.54) is 4.68 Å². The van der Waals surface area contributed by atoms with Crippen LogP contribution >= 0.6 is 27.5 Å². The summed E-state index contributed by atoms with van der Waals surface area (Å²) in [4.78, 5) is 15.3. The molecule has 3 aromatic rings. The molecule has 0 spiro atoms. The van der Waals surface area contributed by atoms with Crippen molar-refractivity contribution >= 4 is 33.5 Å². The van der Waals surface area contributed by atoms with Gasteiger partial charge in [-0.25, -0.2) is 14.5 Å². The van der Waals surface area contributed by atoms with Crippen molar-refractivity contribution in [2.24, 2.45) is 0 Å². The van der Waals surface area contributed by atoms with E-state index in [1.54, 1.807) is 24.3 Å². The Morgan fingerprint density at radius 3 is 2.55 bits per heavy atom. The van der Waals surface area contributed by atoms with Gasteiger partial charge in [-0.3, -0.25) is 0 Å². The molecule has 5 nitrogen and oxygen atoms in total. The highest BCUT2D eigenvalue weighted by Crippen LogP contribution is 2.24. The molecule has 110 valence electrons. The minimum atomic E-state index is -1.18. The van der Waals surface area contributed by atoms with Gasteiger partial charge >= 0.3 is 5.97 Å². The normalized spacial score (nSPS) is 10.6. The van der Waals surface area contributed by atoms with Gasteiger partial charge in [0.2, 0.25) is 0 Å². The highest BCUT2D eigenvalue weighted by atomic mass is 79.9. The first-order chi connectivity index (χ1) is 10.5. The Balaban J connectivity index is 2.20. The zero-order chi connectivity index (χ0) is 15.7. The summed E-state index contributed by atoms with van der Waals surface area (Å²) in [6, 6.07) is 14.4. The summed E-state index contributed by atoms with van der Waals surface area (Å²) >= 11 is 9.37. The van der Waals surface area contributed by atoms with Crippen LogP contribution in [0, 0.1) is 0 Å². The van der Waals surface area contributed by atoms with Crippen molar-refractivity contribution in [1.29, 1.82) is 0 Å². The van der Waals surface area contributed by atoms with Crippen LogP contribution in [0.25, 0.3) is 17.1 Å². The maximum Gasteiger partial charge on any atom is 0.375 e. The number of halogens is 2. The Morgan fingerprint density at radius 1 is 1.18 bits per heavy atom. The fourth-order valence-corrected chi connectivity index (χ4v) is 2.43. The number of aromatic carboxylic acids is 1. The first-order valence-electron chi connectivity index (χ1n) is 6.27. The van der Waals surface area contributed by atoms with E-state index in [1.807, 2.05) is 24.3 Å². The SMILES string of the molecule is O=C(O)c1nc(-c2cccc(Cl)c2)n(-c2ccc(Br)cc2)n1. The minimum Gasteiger partial charge on any atom is -0.475 e. The van der Waals surface area contributed by atoms with Crippen molar-refractivity contribution < 1.29 is 9.90 Å². The summed E-state index contributed by atoms with van der Waals surface area (Å²) in [7, 11) is 0. The van der Waals surface area contributed by atoms with Gasteiger partial charge in [-0.15, -0.1) is 5.10 Å². The molecule has 0 aliphatic carbocycles. The van der Waals surface area contributed by atoms with Crippen LogP contribution in [0.1, 0.15) is 10.6 Å². The molecule has 0 radical (unpaired) electrons. The zero-order valence-corrected chi connectivity index (χ0v) is 13.4. The van der Waals surface area contributed by atoms with Crippen molar-refractivity contribution in [3.63, 3.8) is 0 Å². The lowest BCUT2D eigenvalue weighted by Gasteiger charge is -2.06. The average molecular weight is 379 g/mol. The molecule has 0 aliphatic heterocycles. The second-order valence-corrected chi connectivity index (χ2v) is 5.81. The second kappa shape index (κ2) is 5.90. The van der Waals surface area contributed by atoms with Crippen molar-refractivity contribution in [3.8, 4) is 17.1 Å². The number of nitrogens with zero attached hydrogens (tertiary/aromatic N) is 3. The molecule has 3 rings (SSSR count). The van der Waals surface area contributed by atoms with Crippen molar-refractivity contribution in [1.82, 2.24) is 14.8 Å². The van der Waals surface area contributed by atoms with Crippen LogP contribution in [-0.4, -0.2) is 25.8 Å². The maximum atomic E-state index is 11.2. The van der Waals surface area contributed by atoms with E-state index in [2.05, 4.69) is 26.0 Å². The molecule has 0 unspecified atom stereocenters. The average Bonchev–Trinajstić information content (AvgIpc) is 2.93. The van der Waals surface area contributed by atoms with Gasteiger partial charge in [-0.05, 0) is 36.4 Å². The number of benzene rings is 2. The number of carbonyl (C=O) groups is 1. The van der Waals surface area contributed by atoms with Gasteiger partial charge in [0.1, 0.15) is 0 Å². The van der Waals surface area contributed by atoms with Gasteiger partial charge in [0.25, 0.3) is 5.82 Å². The predicted octanol–water partition coefficient (Wildman–Crippen LogP) is 4.05. The summed E-state index contributed by atoms with van der Waals surface area (Å²) in [6.07, 6.45) is 0. The third kappa shape index (κ3) is 2.88. The molecule has 0 fully saturated rings. The summed E-state index contributed by atoms with van der Waals surface area (Å²) < 4.78 is 2.40. The van der Waals surface area contributed by atoms with E-state index >= 15 is 0 Å². The molecule has 1 heterocycles. The number of hydrogen-bond donors (Lipinski definition) is 1. The summed E-state index contributed by atoms with van der Waals surface area (Å²) in [5.74, 6) is -1.03. The van der Waals surface area contributed by atoms with Crippen LogP contribution in [0.4, 0.5) is 0 Å². The Kier molecular flexibility index (Phi) is 3.96. The van der Waals surface area contributed by atoms with Crippen LogP contribution < -0.4 is 0 Å². The number of aromatic nitrogens is 3. The van der Waals surface area contributed by atoms with E-state index in [0.717, 1.165) is 4.47 Å². The van der Waals surface area contributed by atoms with Crippen LogP contribution in [0.2, 0.25) is 5.02 Å². The molecule has 2 aromatic carbocycles. The molecule has 0 atom stereocenters. The topological polar surface area (TPSA) is 68.0 Å². The quantitative estimate of drug-likeness (QED) is 0.746. The van der Waals surface area contributed by atoms with Gasteiger partial charge in [-0.2, -0.15) is 0 Å². The van der Waals surface area contributed by atoms with E-state index in [9.17, 15) is 4.79 Å². The van der Waals surface area contributed by atoms with E-state index in [4.69, 9.17) is 16.7 Å².